The lowest BCUT2D eigenvalue weighted by Crippen LogP contribution is -2.52. The van der Waals surface area contributed by atoms with E-state index in [1.807, 2.05) is 24.3 Å². The summed E-state index contributed by atoms with van der Waals surface area (Å²) >= 11 is 1.50. The van der Waals surface area contributed by atoms with E-state index in [0.717, 1.165) is 21.3 Å². The molecule has 2 aliphatic heterocycles. The number of thiazole rings is 1. The lowest BCUT2D eigenvalue weighted by atomic mass is 10.0. The number of fused-ring (bicyclic) bond motifs is 2. The summed E-state index contributed by atoms with van der Waals surface area (Å²) in [5, 5.41) is 7.89. The van der Waals surface area contributed by atoms with Gasteiger partial charge in [0.2, 0.25) is 11.8 Å². The molecule has 3 heterocycles. The molecule has 2 aromatic carbocycles. The van der Waals surface area contributed by atoms with Crippen LogP contribution in [0.25, 0.3) is 10.2 Å². The van der Waals surface area contributed by atoms with E-state index in [1.165, 1.54) is 16.2 Å². The predicted octanol–water partition coefficient (Wildman–Crippen LogP) is 2.38. The maximum Gasteiger partial charge on any atom is 0.319 e. The van der Waals surface area contributed by atoms with E-state index < -0.39 is 11.9 Å². The molecule has 10 heteroatoms. The van der Waals surface area contributed by atoms with Gasteiger partial charge in [0.25, 0.3) is 5.91 Å². The Kier molecular flexibility index (Phi) is 5.06. The Morgan fingerprint density at radius 2 is 2.06 bits per heavy atom. The molecule has 0 aliphatic carbocycles. The van der Waals surface area contributed by atoms with Gasteiger partial charge in [0.1, 0.15) is 6.04 Å². The molecule has 0 radical (unpaired) electrons. The lowest BCUT2D eigenvalue weighted by Gasteiger charge is -2.29. The summed E-state index contributed by atoms with van der Waals surface area (Å²) in [6, 6.07) is 9.94. The zero-order valence-electron chi connectivity index (χ0n) is 16.9. The minimum atomic E-state index is -0.643. The summed E-state index contributed by atoms with van der Waals surface area (Å²) in [6.45, 7) is 0.572. The number of piperidine rings is 1. The van der Waals surface area contributed by atoms with Gasteiger partial charge < -0.3 is 15.5 Å². The highest BCUT2D eigenvalue weighted by Crippen LogP contribution is 2.28. The van der Waals surface area contributed by atoms with Gasteiger partial charge in [-0.2, -0.15) is 0 Å². The lowest BCUT2D eigenvalue weighted by molar-refractivity contribution is -0.136. The highest BCUT2D eigenvalue weighted by Gasteiger charge is 2.39. The molecule has 3 N–H and O–H groups in total. The Morgan fingerprint density at radius 3 is 2.91 bits per heavy atom. The molecule has 1 saturated heterocycles. The van der Waals surface area contributed by atoms with Gasteiger partial charge in [-0.1, -0.05) is 12.1 Å². The third kappa shape index (κ3) is 3.80. The molecule has 1 aromatic heterocycles. The third-order valence-electron chi connectivity index (χ3n) is 5.63. The molecule has 1 fully saturated rings. The maximum atomic E-state index is 12.9. The van der Waals surface area contributed by atoms with Crippen LogP contribution in [0.4, 0.5) is 10.5 Å². The zero-order chi connectivity index (χ0) is 22.2. The van der Waals surface area contributed by atoms with E-state index in [9.17, 15) is 19.2 Å². The standard InChI is InChI=1S/C22H19N5O4S/c28-19-6-5-17(20(29)26-19)27-10-13-2-1-12(7-15(13)21(27)30)9-23-22(31)25-14-3-4-16-18(8-14)32-11-24-16/h1-4,7-8,11,17H,5-6,9-10H2,(H2,23,25,31)(H,26,28,29). The topological polar surface area (TPSA) is 120 Å². The number of carbonyl (C=O) groups is 4. The van der Waals surface area contributed by atoms with Crippen LogP contribution in [-0.2, 0) is 22.7 Å². The van der Waals surface area contributed by atoms with E-state index in [2.05, 4.69) is 20.9 Å². The molecule has 5 rings (SSSR count). The van der Waals surface area contributed by atoms with Crippen molar-refractivity contribution in [1.82, 2.24) is 20.5 Å². The second-order valence-electron chi connectivity index (χ2n) is 7.73. The Hall–Kier alpha value is -3.79. The first-order valence-electron chi connectivity index (χ1n) is 10.1. The number of amides is 5. The zero-order valence-corrected chi connectivity index (χ0v) is 17.7. The average molecular weight is 449 g/mol. The molecule has 32 heavy (non-hydrogen) atoms. The molecule has 2 aliphatic rings. The number of nitrogens with one attached hydrogen (secondary N) is 3. The molecular weight excluding hydrogens is 430 g/mol. The Balaban J connectivity index is 1.22. The first-order valence-corrected chi connectivity index (χ1v) is 11.0. The van der Waals surface area contributed by atoms with Crippen LogP contribution in [0, 0.1) is 0 Å². The van der Waals surface area contributed by atoms with Crippen LogP contribution in [0.2, 0.25) is 0 Å². The van der Waals surface area contributed by atoms with E-state index in [-0.39, 0.29) is 30.8 Å². The summed E-state index contributed by atoms with van der Waals surface area (Å²) in [6.07, 6.45) is 0.545. The minimum absolute atomic E-state index is 0.219. The minimum Gasteiger partial charge on any atom is -0.334 e. The number of nitrogens with zero attached hydrogens (tertiary/aromatic N) is 2. The molecule has 0 bridgehead atoms. The second kappa shape index (κ2) is 8.04. The van der Waals surface area contributed by atoms with Gasteiger partial charge in [0.05, 0.1) is 15.7 Å². The maximum absolute atomic E-state index is 12.9. The molecule has 1 unspecified atom stereocenters. The fourth-order valence-corrected chi connectivity index (χ4v) is 4.72. The number of imide groups is 1. The van der Waals surface area contributed by atoms with Crippen LogP contribution >= 0.6 is 11.3 Å². The number of hydrogen-bond acceptors (Lipinski definition) is 6. The predicted molar refractivity (Wildman–Crippen MR) is 118 cm³/mol. The molecule has 0 spiro atoms. The second-order valence-corrected chi connectivity index (χ2v) is 8.62. The van der Waals surface area contributed by atoms with Gasteiger partial charge in [-0.05, 0) is 41.8 Å². The number of carbonyl (C=O) groups excluding carboxylic acids is 4. The van der Waals surface area contributed by atoms with Crippen molar-refractivity contribution in [3.8, 4) is 0 Å². The number of anilines is 1. The van der Waals surface area contributed by atoms with Gasteiger partial charge in [0.15, 0.2) is 0 Å². The molecule has 1 atom stereocenters. The number of rotatable bonds is 4. The number of aromatic nitrogens is 1. The Labute approximate surface area is 186 Å². The van der Waals surface area contributed by atoms with Crippen LogP contribution < -0.4 is 16.0 Å². The van der Waals surface area contributed by atoms with Crippen molar-refractivity contribution in [2.45, 2.75) is 32.0 Å². The van der Waals surface area contributed by atoms with Crippen molar-refractivity contribution in [2.75, 3.05) is 5.32 Å². The first kappa shape index (κ1) is 20.1. The monoisotopic (exact) mass is 449 g/mol. The van der Waals surface area contributed by atoms with E-state index in [1.54, 1.807) is 17.6 Å². The smallest absolute Gasteiger partial charge is 0.319 e. The summed E-state index contributed by atoms with van der Waals surface area (Å²) in [5.74, 6) is -0.981. The normalized spacial score (nSPS) is 17.9. The third-order valence-corrected chi connectivity index (χ3v) is 6.43. The number of urea groups is 1. The van der Waals surface area contributed by atoms with E-state index >= 15 is 0 Å². The highest BCUT2D eigenvalue weighted by atomic mass is 32.1. The van der Waals surface area contributed by atoms with Crippen LogP contribution in [0.3, 0.4) is 0 Å². The van der Waals surface area contributed by atoms with Crippen molar-refractivity contribution >= 4 is 51.0 Å². The molecule has 5 amide bonds. The SMILES string of the molecule is O=C1CCC(N2Cc3ccc(CNC(=O)Nc4ccc5ncsc5c4)cc3C2=O)C(=O)N1. The molecule has 9 nitrogen and oxygen atoms in total. The fraction of sp³-hybridized carbons (Fsp3) is 0.227. The quantitative estimate of drug-likeness (QED) is 0.528. The van der Waals surface area contributed by atoms with Gasteiger partial charge in [-0.25, -0.2) is 9.78 Å². The van der Waals surface area contributed by atoms with Crippen molar-refractivity contribution in [2.24, 2.45) is 0 Å². The summed E-state index contributed by atoms with van der Waals surface area (Å²) in [5.41, 5.74) is 5.43. The number of benzene rings is 2. The molecule has 3 aromatic rings. The Bertz CT molecular complexity index is 1270. The van der Waals surface area contributed by atoms with Gasteiger partial charge in [-0.3, -0.25) is 19.7 Å². The van der Waals surface area contributed by atoms with Crippen LogP contribution in [0.5, 0.6) is 0 Å². The van der Waals surface area contributed by atoms with Crippen LogP contribution in [0.15, 0.2) is 41.9 Å². The van der Waals surface area contributed by atoms with E-state index in [4.69, 9.17) is 0 Å². The number of hydrogen-bond donors (Lipinski definition) is 3. The largest absolute Gasteiger partial charge is 0.334 e. The van der Waals surface area contributed by atoms with Gasteiger partial charge in [0, 0.05) is 30.8 Å². The van der Waals surface area contributed by atoms with Crippen molar-refractivity contribution in [3.05, 3.63) is 58.6 Å². The van der Waals surface area contributed by atoms with Crippen molar-refractivity contribution in [1.29, 1.82) is 0 Å². The molecular formula is C22H19N5O4S. The van der Waals surface area contributed by atoms with Crippen LogP contribution in [-0.4, -0.2) is 39.7 Å². The molecule has 0 saturated carbocycles. The summed E-state index contributed by atoms with van der Waals surface area (Å²) < 4.78 is 0.987. The molecule has 162 valence electrons. The highest BCUT2D eigenvalue weighted by molar-refractivity contribution is 7.16. The van der Waals surface area contributed by atoms with Crippen molar-refractivity contribution in [3.63, 3.8) is 0 Å². The van der Waals surface area contributed by atoms with Crippen molar-refractivity contribution < 1.29 is 19.2 Å². The average Bonchev–Trinajstić information content (AvgIpc) is 3.36. The van der Waals surface area contributed by atoms with E-state index in [0.29, 0.717) is 24.2 Å². The van der Waals surface area contributed by atoms with Crippen LogP contribution in [0.1, 0.15) is 34.3 Å². The fourth-order valence-electron chi connectivity index (χ4n) is 4.00. The Morgan fingerprint density at radius 1 is 1.19 bits per heavy atom. The van der Waals surface area contributed by atoms with Gasteiger partial charge in [-0.15, -0.1) is 11.3 Å². The summed E-state index contributed by atoms with van der Waals surface area (Å²) in [7, 11) is 0. The first-order chi connectivity index (χ1) is 15.5. The summed E-state index contributed by atoms with van der Waals surface area (Å²) in [4.78, 5) is 54.5. The van der Waals surface area contributed by atoms with Gasteiger partial charge >= 0.3 is 6.03 Å².